The van der Waals surface area contributed by atoms with E-state index in [9.17, 15) is 23.1 Å². The Morgan fingerprint density at radius 2 is 1.71 bits per heavy atom. The summed E-state index contributed by atoms with van der Waals surface area (Å²) in [5.74, 6) is -3.10. The molecular formula is C23H18ClF3N4O4. The van der Waals surface area contributed by atoms with Gasteiger partial charge in [0, 0.05) is 23.2 Å². The summed E-state index contributed by atoms with van der Waals surface area (Å²) in [5, 5.41) is 28.6. The maximum Gasteiger partial charge on any atom is 0.490 e. The first kappa shape index (κ1) is 25.7. The second-order valence-electron chi connectivity index (χ2n) is 7.18. The fraction of sp³-hybridized carbons (Fsp3) is 0.130. The fourth-order valence-corrected chi connectivity index (χ4v) is 3.07. The first-order valence-electron chi connectivity index (χ1n) is 9.96. The van der Waals surface area contributed by atoms with Gasteiger partial charge in [-0.1, -0.05) is 29.8 Å². The number of aromatic amines is 1. The van der Waals surface area contributed by atoms with Crippen molar-refractivity contribution in [2.45, 2.75) is 12.3 Å². The summed E-state index contributed by atoms with van der Waals surface area (Å²) in [6, 6.07) is 16.3. The Bertz CT molecular complexity index is 1330. The lowest BCUT2D eigenvalue weighted by Gasteiger charge is -2.12. The van der Waals surface area contributed by atoms with Gasteiger partial charge in [0.05, 0.1) is 17.8 Å². The average Bonchev–Trinajstić information content (AvgIpc) is 3.30. The molecule has 2 heterocycles. The molecule has 2 aromatic heterocycles. The lowest BCUT2D eigenvalue weighted by molar-refractivity contribution is -0.192. The number of amides is 1. The molecule has 0 radical (unpaired) electrons. The highest BCUT2D eigenvalue weighted by molar-refractivity contribution is 6.30. The first-order chi connectivity index (χ1) is 16.5. The number of nitrogens with zero attached hydrogens (tertiary/aromatic N) is 2. The number of fused-ring (bicyclic) bond motifs is 1. The number of aliphatic hydroxyl groups excluding tert-OH is 1. The second-order valence-corrected chi connectivity index (χ2v) is 7.62. The third-order valence-corrected chi connectivity index (χ3v) is 4.97. The summed E-state index contributed by atoms with van der Waals surface area (Å²) >= 11 is 5.85. The van der Waals surface area contributed by atoms with Gasteiger partial charge >= 0.3 is 12.1 Å². The minimum Gasteiger partial charge on any atom is -0.475 e. The molecule has 0 saturated heterocycles. The highest BCUT2D eigenvalue weighted by Gasteiger charge is 2.38. The van der Waals surface area contributed by atoms with Crippen LogP contribution in [0.5, 0.6) is 0 Å². The van der Waals surface area contributed by atoms with Crippen molar-refractivity contribution in [3.63, 3.8) is 0 Å². The van der Waals surface area contributed by atoms with E-state index in [1.165, 1.54) is 0 Å². The number of aliphatic carboxylic acids is 1. The number of aliphatic hydroxyl groups is 1. The molecule has 1 amide bonds. The van der Waals surface area contributed by atoms with E-state index in [1.807, 2.05) is 24.3 Å². The molecule has 0 fully saturated rings. The highest BCUT2D eigenvalue weighted by Crippen LogP contribution is 2.24. The van der Waals surface area contributed by atoms with E-state index in [-0.39, 0.29) is 18.1 Å². The van der Waals surface area contributed by atoms with Crippen molar-refractivity contribution in [2.24, 2.45) is 0 Å². The van der Waals surface area contributed by atoms with Crippen LogP contribution in [-0.2, 0) is 4.79 Å². The number of pyridine rings is 1. The molecule has 0 aliphatic rings. The van der Waals surface area contributed by atoms with E-state index in [0.717, 1.165) is 22.0 Å². The van der Waals surface area contributed by atoms with Crippen molar-refractivity contribution in [3.8, 4) is 11.1 Å². The molecule has 0 aliphatic heterocycles. The second kappa shape index (κ2) is 11.0. The molecule has 182 valence electrons. The molecular weight excluding hydrogens is 489 g/mol. The monoisotopic (exact) mass is 506 g/mol. The van der Waals surface area contributed by atoms with Crippen LogP contribution in [0, 0.1) is 0 Å². The van der Waals surface area contributed by atoms with Crippen molar-refractivity contribution in [2.75, 3.05) is 6.54 Å². The Morgan fingerprint density at radius 1 is 1.06 bits per heavy atom. The fourth-order valence-electron chi connectivity index (χ4n) is 2.94. The van der Waals surface area contributed by atoms with Crippen LogP contribution in [0.2, 0.25) is 5.02 Å². The number of aromatic nitrogens is 3. The maximum absolute atomic E-state index is 12.5. The predicted molar refractivity (Wildman–Crippen MR) is 122 cm³/mol. The Hall–Kier alpha value is -3.96. The van der Waals surface area contributed by atoms with Crippen LogP contribution in [0.15, 0.2) is 67.0 Å². The summed E-state index contributed by atoms with van der Waals surface area (Å²) in [6.45, 7) is 0.0767. The van der Waals surface area contributed by atoms with Gasteiger partial charge < -0.3 is 15.5 Å². The normalized spacial score (nSPS) is 11.9. The number of carbonyl (C=O) groups excluding carboxylic acids is 1. The molecule has 0 saturated carbocycles. The molecule has 1 unspecified atom stereocenters. The maximum atomic E-state index is 12.5. The molecule has 1 atom stereocenters. The summed E-state index contributed by atoms with van der Waals surface area (Å²) in [5.41, 5.74) is 3.76. The third kappa shape index (κ3) is 7.01. The molecule has 0 bridgehead atoms. The average molecular weight is 507 g/mol. The zero-order chi connectivity index (χ0) is 25.6. The van der Waals surface area contributed by atoms with Crippen LogP contribution in [0.3, 0.4) is 0 Å². The summed E-state index contributed by atoms with van der Waals surface area (Å²) in [7, 11) is 0. The summed E-state index contributed by atoms with van der Waals surface area (Å²) in [6.07, 6.45) is -2.56. The lowest BCUT2D eigenvalue weighted by Crippen LogP contribution is -2.29. The van der Waals surface area contributed by atoms with E-state index >= 15 is 0 Å². The first-order valence-corrected chi connectivity index (χ1v) is 10.3. The van der Waals surface area contributed by atoms with E-state index < -0.39 is 18.2 Å². The number of hydrogen-bond donors (Lipinski definition) is 4. The Balaban J connectivity index is 0.000000429. The third-order valence-electron chi connectivity index (χ3n) is 4.72. The van der Waals surface area contributed by atoms with Crippen LogP contribution < -0.4 is 5.32 Å². The van der Waals surface area contributed by atoms with Gasteiger partial charge in [0.25, 0.3) is 5.91 Å². The molecule has 4 rings (SSSR count). The number of halogens is 4. The number of nitrogens with one attached hydrogen (secondary N) is 2. The number of carboxylic acid groups (broad SMARTS) is 1. The molecule has 0 spiro atoms. The zero-order valence-electron chi connectivity index (χ0n) is 17.8. The topological polar surface area (TPSA) is 128 Å². The predicted octanol–water partition coefficient (Wildman–Crippen LogP) is 4.38. The number of alkyl halides is 3. The van der Waals surface area contributed by atoms with Crippen LogP contribution in [0.1, 0.15) is 22.2 Å². The van der Waals surface area contributed by atoms with Crippen molar-refractivity contribution < 1.29 is 33.0 Å². The van der Waals surface area contributed by atoms with Crippen LogP contribution in [0.25, 0.3) is 22.0 Å². The van der Waals surface area contributed by atoms with Crippen LogP contribution >= 0.6 is 11.6 Å². The quantitative estimate of drug-likeness (QED) is 0.318. The number of rotatable bonds is 5. The van der Waals surface area contributed by atoms with Gasteiger partial charge in [0.2, 0.25) is 0 Å². The SMILES string of the molecule is O=C(NCC(O)c1ccc(Cl)cc1)c1cc(-c2ccc3[nH]ncc3c2)ccn1.O=C(O)C(F)(F)F. The van der Waals surface area contributed by atoms with Gasteiger partial charge in [-0.05, 0) is 53.1 Å². The summed E-state index contributed by atoms with van der Waals surface area (Å²) < 4.78 is 31.7. The van der Waals surface area contributed by atoms with Crippen molar-refractivity contribution >= 4 is 34.4 Å². The van der Waals surface area contributed by atoms with Gasteiger partial charge in [-0.15, -0.1) is 0 Å². The van der Waals surface area contributed by atoms with Gasteiger partial charge in [-0.25, -0.2) is 4.79 Å². The standard InChI is InChI=1S/C21H17ClN4O2.C2HF3O2/c22-17-4-1-13(2-5-17)20(27)12-24-21(28)19-10-15(7-8-23-19)14-3-6-18-16(9-14)11-25-26-18;3-2(4,5)1(6)7/h1-11,20,27H,12H2,(H,24,28)(H,25,26);(H,6,7). The lowest BCUT2D eigenvalue weighted by atomic mass is 10.0. The number of carboxylic acids is 1. The van der Waals surface area contributed by atoms with Gasteiger partial charge in [-0.2, -0.15) is 18.3 Å². The molecule has 12 heteroatoms. The Labute approximate surface area is 201 Å². The number of H-pyrrole nitrogens is 1. The smallest absolute Gasteiger partial charge is 0.475 e. The molecule has 35 heavy (non-hydrogen) atoms. The van der Waals surface area contributed by atoms with Crippen LogP contribution in [0.4, 0.5) is 13.2 Å². The molecule has 8 nitrogen and oxygen atoms in total. The van der Waals surface area contributed by atoms with Gasteiger partial charge in [-0.3, -0.25) is 14.9 Å². The van der Waals surface area contributed by atoms with Crippen molar-refractivity contribution in [1.82, 2.24) is 20.5 Å². The van der Waals surface area contributed by atoms with Gasteiger partial charge in [0.15, 0.2) is 0 Å². The summed E-state index contributed by atoms with van der Waals surface area (Å²) in [4.78, 5) is 25.5. The minimum atomic E-state index is -5.08. The molecule has 2 aromatic carbocycles. The zero-order valence-corrected chi connectivity index (χ0v) is 18.5. The molecule has 4 N–H and O–H groups in total. The number of benzene rings is 2. The Morgan fingerprint density at radius 3 is 2.37 bits per heavy atom. The minimum absolute atomic E-state index is 0.0767. The van der Waals surface area contributed by atoms with Crippen molar-refractivity contribution in [1.29, 1.82) is 0 Å². The Kier molecular flexibility index (Phi) is 8.05. The van der Waals surface area contributed by atoms with E-state index in [4.69, 9.17) is 21.5 Å². The van der Waals surface area contributed by atoms with Crippen molar-refractivity contribution in [3.05, 3.63) is 83.3 Å². The number of hydrogen-bond acceptors (Lipinski definition) is 5. The van der Waals surface area contributed by atoms with E-state index in [0.29, 0.717) is 10.6 Å². The number of carbonyl (C=O) groups is 2. The van der Waals surface area contributed by atoms with E-state index in [2.05, 4.69) is 20.5 Å². The van der Waals surface area contributed by atoms with E-state index in [1.54, 1.807) is 42.7 Å². The highest BCUT2D eigenvalue weighted by atomic mass is 35.5. The van der Waals surface area contributed by atoms with Gasteiger partial charge in [0.1, 0.15) is 5.69 Å². The molecule has 4 aromatic rings. The molecule has 0 aliphatic carbocycles. The van der Waals surface area contributed by atoms with Crippen LogP contribution in [-0.4, -0.2) is 50.0 Å². The largest absolute Gasteiger partial charge is 0.490 e.